The molecule has 24 heavy (non-hydrogen) atoms. The highest BCUT2D eigenvalue weighted by atomic mass is 32.1. The second-order valence-electron chi connectivity index (χ2n) is 7.05. The smallest absolute Gasteiger partial charge is 0.169 e. The molecule has 0 N–H and O–H groups in total. The van der Waals surface area contributed by atoms with E-state index in [1.807, 2.05) is 42.3 Å². The third-order valence-electron chi connectivity index (χ3n) is 3.71. The zero-order chi connectivity index (χ0) is 17.2. The fraction of sp³-hybridized carbons (Fsp3) is 0.389. The SMILES string of the molecule is CN(C)CC(C)(C)Cn1ccnc1-c1cnc(-c2cccs2)nc1. The Morgan fingerprint density at radius 3 is 2.54 bits per heavy atom. The van der Waals surface area contributed by atoms with Gasteiger partial charge in [-0.05, 0) is 31.0 Å². The Bertz CT molecular complexity index is 772. The summed E-state index contributed by atoms with van der Waals surface area (Å²) in [7, 11) is 4.21. The van der Waals surface area contributed by atoms with Crippen molar-refractivity contribution in [2.45, 2.75) is 20.4 Å². The third-order valence-corrected chi connectivity index (χ3v) is 4.58. The Morgan fingerprint density at radius 2 is 1.92 bits per heavy atom. The maximum absolute atomic E-state index is 4.51. The number of hydrogen-bond donors (Lipinski definition) is 0. The minimum atomic E-state index is 0.150. The summed E-state index contributed by atoms with van der Waals surface area (Å²) in [4.78, 5) is 16.8. The van der Waals surface area contributed by atoms with Crippen molar-refractivity contribution < 1.29 is 0 Å². The van der Waals surface area contributed by atoms with Gasteiger partial charge in [0.1, 0.15) is 5.82 Å². The van der Waals surface area contributed by atoms with Crippen molar-refractivity contribution in [3.8, 4) is 22.1 Å². The molecule has 0 radical (unpaired) electrons. The molecule has 0 unspecified atom stereocenters. The van der Waals surface area contributed by atoms with E-state index in [2.05, 4.69) is 52.4 Å². The number of imidazole rings is 1. The molecular formula is C18H23N5S. The van der Waals surface area contributed by atoms with Gasteiger partial charge < -0.3 is 9.47 Å². The average molecular weight is 341 g/mol. The van der Waals surface area contributed by atoms with Gasteiger partial charge in [0.15, 0.2) is 5.82 Å². The van der Waals surface area contributed by atoms with Gasteiger partial charge in [-0.3, -0.25) is 0 Å². The van der Waals surface area contributed by atoms with Crippen molar-refractivity contribution in [3.63, 3.8) is 0 Å². The summed E-state index contributed by atoms with van der Waals surface area (Å²) >= 11 is 1.65. The van der Waals surface area contributed by atoms with Gasteiger partial charge >= 0.3 is 0 Å². The molecule has 0 fully saturated rings. The summed E-state index contributed by atoms with van der Waals surface area (Å²) in [6.07, 6.45) is 7.59. The van der Waals surface area contributed by atoms with Crippen molar-refractivity contribution in [2.75, 3.05) is 20.6 Å². The van der Waals surface area contributed by atoms with Crippen LogP contribution in [0.2, 0.25) is 0 Å². The molecule has 0 aliphatic rings. The minimum absolute atomic E-state index is 0.150. The lowest BCUT2D eigenvalue weighted by molar-refractivity contribution is 0.212. The monoisotopic (exact) mass is 341 g/mol. The minimum Gasteiger partial charge on any atom is -0.330 e. The maximum Gasteiger partial charge on any atom is 0.169 e. The van der Waals surface area contributed by atoms with Crippen LogP contribution in [0.5, 0.6) is 0 Å². The first kappa shape index (κ1) is 16.8. The Balaban J connectivity index is 1.82. The molecule has 6 heteroatoms. The van der Waals surface area contributed by atoms with E-state index in [1.54, 1.807) is 11.3 Å². The van der Waals surface area contributed by atoms with Crippen LogP contribution >= 0.6 is 11.3 Å². The van der Waals surface area contributed by atoms with E-state index in [1.165, 1.54) is 0 Å². The first-order valence-electron chi connectivity index (χ1n) is 7.97. The van der Waals surface area contributed by atoms with Gasteiger partial charge in [0.2, 0.25) is 0 Å². The molecule has 3 aromatic rings. The maximum atomic E-state index is 4.51. The molecule has 0 aromatic carbocycles. The van der Waals surface area contributed by atoms with E-state index >= 15 is 0 Å². The number of rotatable bonds is 6. The molecule has 3 heterocycles. The highest BCUT2D eigenvalue weighted by Crippen LogP contribution is 2.25. The fourth-order valence-corrected chi connectivity index (χ4v) is 3.71. The Morgan fingerprint density at radius 1 is 1.17 bits per heavy atom. The Kier molecular flexibility index (Phi) is 4.78. The Labute approximate surface area is 147 Å². The molecule has 0 spiro atoms. The molecule has 3 rings (SSSR count). The number of aromatic nitrogens is 4. The van der Waals surface area contributed by atoms with Crippen molar-refractivity contribution in [1.82, 2.24) is 24.4 Å². The molecule has 0 bridgehead atoms. The van der Waals surface area contributed by atoms with Gasteiger partial charge in [0.05, 0.1) is 10.4 Å². The first-order valence-corrected chi connectivity index (χ1v) is 8.85. The second-order valence-corrected chi connectivity index (χ2v) is 8.00. The van der Waals surface area contributed by atoms with Crippen LogP contribution in [0.15, 0.2) is 42.3 Å². The van der Waals surface area contributed by atoms with Gasteiger partial charge in [-0.1, -0.05) is 19.9 Å². The topological polar surface area (TPSA) is 46.8 Å². The lowest BCUT2D eigenvalue weighted by Crippen LogP contribution is -2.32. The summed E-state index contributed by atoms with van der Waals surface area (Å²) in [5.41, 5.74) is 1.09. The van der Waals surface area contributed by atoms with E-state index in [0.29, 0.717) is 0 Å². The van der Waals surface area contributed by atoms with Crippen LogP contribution < -0.4 is 0 Å². The number of thiophene rings is 1. The molecule has 0 amide bonds. The van der Waals surface area contributed by atoms with Crippen LogP contribution in [0.1, 0.15) is 13.8 Å². The highest BCUT2D eigenvalue weighted by molar-refractivity contribution is 7.13. The molecule has 0 atom stereocenters. The lowest BCUT2D eigenvalue weighted by Gasteiger charge is -2.29. The van der Waals surface area contributed by atoms with E-state index in [4.69, 9.17) is 0 Å². The van der Waals surface area contributed by atoms with Crippen LogP contribution in [0.25, 0.3) is 22.1 Å². The predicted molar refractivity (Wildman–Crippen MR) is 98.9 cm³/mol. The molecule has 0 saturated carbocycles. The lowest BCUT2D eigenvalue weighted by atomic mass is 9.92. The molecule has 0 aliphatic carbocycles. The largest absolute Gasteiger partial charge is 0.330 e. The van der Waals surface area contributed by atoms with Gasteiger partial charge in [-0.15, -0.1) is 11.3 Å². The van der Waals surface area contributed by atoms with Crippen molar-refractivity contribution >= 4 is 11.3 Å². The fourth-order valence-electron chi connectivity index (χ4n) is 3.04. The summed E-state index contributed by atoms with van der Waals surface area (Å²) in [5.74, 6) is 1.68. The van der Waals surface area contributed by atoms with Crippen LogP contribution in [-0.2, 0) is 6.54 Å². The highest BCUT2D eigenvalue weighted by Gasteiger charge is 2.21. The zero-order valence-electron chi connectivity index (χ0n) is 14.6. The van der Waals surface area contributed by atoms with Gasteiger partial charge in [0, 0.05) is 37.9 Å². The van der Waals surface area contributed by atoms with Gasteiger partial charge in [-0.2, -0.15) is 0 Å². The molecule has 5 nitrogen and oxygen atoms in total. The molecule has 3 aromatic heterocycles. The van der Waals surface area contributed by atoms with Gasteiger partial charge in [-0.25, -0.2) is 15.0 Å². The average Bonchev–Trinajstić information content (AvgIpc) is 3.17. The van der Waals surface area contributed by atoms with Crippen molar-refractivity contribution in [1.29, 1.82) is 0 Å². The normalized spacial score (nSPS) is 12.0. The van der Waals surface area contributed by atoms with Crippen molar-refractivity contribution in [2.24, 2.45) is 5.41 Å². The van der Waals surface area contributed by atoms with Crippen LogP contribution in [-0.4, -0.2) is 45.1 Å². The van der Waals surface area contributed by atoms with Crippen LogP contribution in [0.3, 0.4) is 0 Å². The summed E-state index contributed by atoms with van der Waals surface area (Å²) < 4.78 is 2.19. The first-order chi connectivity index (χ1) is 11.4. The van der Waals surface area contributed by atoms with Gasteiger partial charge in [0.25, 0.3) is 0 Å². The standard InChI is InChI=1S/C18H23N5S/c1-18(2,12-22(3)4)13-23-8-7-19-17(23)14-10-20-16(21-11-14)15-6-5-9-24-15/h5-11H,12-13H2,1-4H3. The quantitative estimate of drug-likeness (QED) is 0.686. The van der Waals surface area contributed by atoms with E-state index in [0.717, 1.165) is 35.2 Å². The van der Waals surface area contributed by atoms with Crippen LogP contribution in [0.4, 0.5) is 0 Å². The van der Waals surface area contributed by atoms with E-state index in [-0.39, 0.29) is 5.41 Å². The number of hydrogen-bond acceptors (Lipinski definition) is 5. The summed E-state index contributed by atoms with van der Waals surface area (Å²) in [6.45, 7) is 6.45. The summed E-state index contributed by atoms with van der Waals surface area (Å²) in [5, 5.41) is 2.03. The van der Waals surface area contributed by atoms with Crippen LogP contribution in [0, 0.1) is 5.41 Å². The molecule has 0 saturated heterocycles. The molecule has 126 valence electrons. The van der Waals surface area contributed by atoms with E-state index in [9.17, 15) is 0 Å². The Hall–Kier alpha value is -2.05. The van der Waals surface area contributed by atoms with E-state index < -0.39 is 0 Å². The second kappa shape index (κ2) is 6.83. The molecule has 0 aliphatic heterocycles. The molecular weight excluding hydrogens is 318 g/mol. The predicted octanol–water partition coefficient (Wildman–Crippen LogP) is 3.66. The summed E-state index contributed by atoms with van der Waals surface area (Å²) in [6, 6.07) is 4.04. The third kappa shape index (κ3) is 3.88. The van der Waals surface area contributed by atoms with Crippen molar-refractivity contribution in [3.05, 3.63) is 42.3 Å². The number of nitrogens with zero attached hydrogens (tertiary/aromatic N) is 5. The zero-order valence-corrected chi connectivity index (χ0v) is 15.4.